The second kappa shape index (κ2) is 10.2. The lowest BCUT2D eigenvalue weighted by Gasteiger charge is -2.11. The number of nitrogens with zero attached hydrogens (tertiary/aromatic N) is 1. The molecule has 1 amide bonds. The molecule has 0 bridgehead atoms. The maximum atomic E-state index is 12.0. The number of carbonyl (C=O) groups is 1. The third-order valence-corrected chi connectivity index (χ3v) is 5.14. The van der Waals surface area contributed by atoms with Gasteiger partial charge in [-0.1, -0.05) is 37.3 Å². The third kappa shape index (κ3) is 7.26. The van der Waals surface area contributed by atoms with Gasteiger partial charge in [-0.15, -0.1) is 11.3 Å². The van der Waals surface area contributed by atoms with E-state index >= 15 is 0 Å². The smallest absolute Gasteiger partial charge is 0.220 e. The van der Waals surface area contributed by atoms with Gasteiger partial charge in [-0.2, -0.15) is 0 Å². The predicted octanol–water partition coefficient (Wildman–Crippen LogP) is 4.55. The first-order valence-electron chi connectivity index (χ1n) is 8.85. The van der Waals surface area contributed by atoms with Crippen molar-refractivity contribution in [3.8, 4) is 0 Å². The van der Waals surface area contributed by atoms with Gasteiger partial charge in [-0.05, 0) is 50.5 Å². The standard InChI is InChI=1S/C20H28N2OS/c1-16(11-12-18-8-4-3-5-9-18)14-19(23)21-13-7-6-10-20-22-17(2)15-24-20/h3-5,8-9,15-16H,6-7,10-14H2,1-2H3,(H,21,23). The molecule has 4 heteroatoms. The van der Waals surface area contributed by atoms with Crippen molar-refractivity contribution in [1.82, 2.24) is 10.3 Å². The van der Waals surface area contributed by atoms with Crippen LogP contribution in [-0.2, 0) is 17.6 Å². The Hall–Kier alpha value is -1.68. The summed E-state index contributed by atoms with van der Waals surface area (Å²) in [5, 5.41) is 6.34. The van der Waals surface area contributed by atoms with E-state index in [1.54, 1.807) is 11.3 Å². The van der Waals surface area contributed by atoms with E-state index in [1.807, 2.05) is 13.0 Å². The Morgan fingerprint density at radius 3 is 2.71 bits per heavy atom. The molecule has 0 fully saturated rings. The summed E-state index contributed by atoms with van der Waals surface area (Å²) in [7, 11) is 0. The van der Waals surface area contributed by atoms with E-state index in [0.717, 1.165) is 44.3 Å². The van der Waals surface area contributed by atoms with Crippen LogP contribution in [0.15, 0.2) is 35.7 Å². The van der Waals surface area contributed by atoms with Crippen molar-refractivity contribution in [1.29, 1.82) is 0 Å². The molecule has 0 aliphatic carbocycles. The molecule has 2 rings (SSSR count). The number of nitrogens with one attached hydrogen (secondary N) is 1. The van der Waals surface area contributed by atoms with E-state index in [1.165, 1.54) is 10.6 Å². The van der Waals surface area contributed by atoms with Crippen molar-refractivity contribution in [2.24, 2.45) is 5.92 Å². The Kier molecular flexibility index (Phi) is 7.96. The molecule has 0 aliphatic rings. The van der Waals surface area contributed by atoms with Gasteiger partial charge < -0.3 is 5.32 Å². The molecule has 1 aromatic heterocycles. The summed E-state index contributed by atoms with van der Waals surface area (Å²) in [6.45, 7) is 4.96. The fourth-order valence-corrected chi connectivity index (χ4v) is 3.51. The lowest BCUT2D eigenvalue weighted by atomic mass is 9.98. The molecule has 3 nitrogen and oxygen atoms in total. The van der Waals surface area contributed by atoms with E-state index in [4.69, 9.17) is 0 Å². The second-order valence-electron chi connectivity index (χ2n) is 6.52. The first-order chi connectivity index (χ1) is 11.6. The average Bonchev–Trinajstić information content (AvgIpc) is 2.99. The largest absolute Gasteiger partial charge is 0.356 e. The van der Waals surface area contributed by atoms with E-state index < -0.39 is 0 Å². The van der Waals surface area contributed by atoms with Gasteiger partial charge in [-0.25, -0.2) is 4.98 Å². The van der Waals surface area contributed by atoms with Crippen molar-refractivity contribution >= 4 is 17.2 Å². The predicted molar refractivity (Wildman–Crippen MR) is 101 cm³/mol. The van der Waals surface area contributed by atoms with Crippen LogP contribution in [0.3, 0.4) is 0 Å². The van der Waals surface area contributed by atoms with Gasteiger partial charge in [0.1, 0.15) is 0 Å². The zero-order chi connectivity index (χ0) is 17.2. The number of carbonyl (C=O) groups excluding carboxylic acids is 1. The first kappa shape index (κ1) is 18.7. The lowest BCUT2D eigenvalue weighted by molar-refractivity contribution is -0.121. The first-order valence-corrected chi connectivity index (χ1v) is 9.73. The highest BCUT2D eigenvalue weighted by atomic mass is 32.1. The Labute approximate surface area is 149 Å². The van der Waals surface area contributed by atoms with E-state index in [0.29, 0.717) is 12.3 Å². The van der Waals surface area contributed by atoms with Crippen LogP contribution in [-0.4, -0.2) is 17.4 Å². The number of hydrogen-bond donors (Lipinski definition) is 1. The molecule has 1 unspecified atom stereocenters. The summed E-state index contributed by atoms with van der Waals surface area (Å²) in [6.07, 6.45) is 5.84. The molecule has 0 saturated carbocycles. The quantitative estimate of drug-likeness (QED) is 0.643. The van der Waals surface area contributed by atoms with Gasteiger partial charge in [0.15, 0.2) is 0 Å². The number of aromatic nitrogens is 1. The molecule has 1 N–H and O–H groups in total. The van der Waals surface area contributed by atoms with Crippen LogP contribution in [0, 0.1) is 12.8 Å². The lowest BCUT2D eigenvalue weighted by Crippen LogP contribution is -2.26. The molecule has 1 aromatic carbocycles. The maximum absolute atomic E-state index is 12.0. The Balaban J connectivity index is 1.52. The highest BCUT2D eigenvalue weighted by Gasteiger charge is 2.09. The van der Waals surface area contributed by atoms with Gasteiger partial charge in [0.25, 0.3) is 0 Å². The molecule has 1 atom stereocenters. The molecule has 0 radical (unpaired) electrons. The van der Waals surface area contributed by atoms with Crippen LogP contribution in [0.5, 0.6) is 0 Å². The average molecular weight is 345 g/mol. The molecular formula is C20H28N2OS. The van der Waals surface area contributed by atoms with Gasteiger partial charge in [0.2, 0.25) is 5.91 Å². The van der Waals surface area contributed by atoms with Gasteiger partial charge >= 0.3 is 0 Å². The fourth-order valence-electron chi connectivity index (χ4n) is 2.70. The molecule has 0 spiro atoms. The monoisotopic (exact) mass is 344 g/mol. The summed E-state index contributed by atoms with van der Waals surface area (Å²) in [5.74, 6) is 0.601. The minimum Gasteiger partial charge on any atom is -0.356 e. The number of amides is 1. The summed E-state index contributed by atoms with van der Waals surface area (Å²) in [6, 6.07) is 10.5. The Morgan fingerprint density at radius 2 is 2.00 bits per heavy atom. The topological polar surface area (TPSA) is 42.0 Å². The van der Waals surface area contributed by atoms with Crippen LogP contribution in [0.2, 0.25) is 0 Å². The van der Waals surface area contributed by atoms with Crippen LogP contribution in [0.4, 0.5) is 0 Å². The number of benzene rings is 1. The number of thiazole rings is 1. The van der Waals surface area contributed by atoms with E-state index in [9.17, 15) is 4.79 Å². The number of aryl methyl sites for hydroxylation is 3. The molecule has 1 heterocycles. The zero-order valence-corrected chi connectivity index (χ0v) is 15.6. The summed E-state index contributed by atoms with van der Waals surface area (Å²) < 4.78 is 0. The molecule has 0 aliphatic heterocycles. The third-order valence-electron chi connectivity index (χ3n) is 4.11. The van der Waals surface area contributed by atoms with Gasteiger partial charge in [0.05, 0.1) is 5.01 Å². The Bertz CT molecular complexity index is 609. The number of hydrogen-bond acceptors (Lipinski definition) is 3. The molecule has 130 valence electrons. The van der Waals surface area contributed by atoms with Crippen LogP contribution < -0.4 is 5.32 Å². The van der Waals surface area contributed by atoms with Crippen LogP contribution >= 0.6 is 11.3 Å². The summed E-state index contributed by atoms with van der Waals surface area (Å²) >= 11 is 1.73. The molecule has 2 aromatic rings. The molecule has 24 heavy (non-hydrogen) atoms. The van der Waals surface area contributed by atoms with E-state index in [2.05, 4.69) is 46.9 Å². The number of rotatable bonds is 10. The van der Waals surface area contributed by atoms with E-state index in [-0.39, 0.29) is 5.91 Å². The van der Waals surface area contributed by atoms with Gasteiger partial charge in [-0.3, -0.25) is 4.79 Å². The summed E-state index contributed by atoms with van der Waals surface area (Å²) in [4.78, 5) is 16.4. The van der Waals surface area contributed by atoms with Gasteiger partial charge in [0, 0.05) is 24.0 Å². The van der Waals surface area contributed by atoms with Crippen LogP contribution in [0.1, 0.15) is 48.9 Å². The van der Waals surface area contributed by atoms with Crippen molar-refractivity contribution < 1.29 is 4.79 Å². The van der Waals surface area contributed by atoms with Crippen molar-refractivity contribution in [3.63, 3.8) is 0 Å². The fraction of sp³-hybridized carbons (Fsp3) is 0.500. The number of unbranched alkanes of at least 4 members (excludes halogenated alkanes) is 1. The second-order valence-corrected chi connectivity index (χ2v) is 7.47. The highest BCUT2D eigenvalue weighted by Crippen LogP contribution is 2.13. The highest BCUT2D eigenvalue weighted by molar-refractivity contribution is 7.09. The zero-order valence-electron chi connectivity index (χ0n) is 14.8. The minimum absolute atomic E-state index is 0.181. The molecular weight excluding hydrogens is 316 g/mol. The normalized spacial score (nSPS) is 12.1. The maximum Gasteiger partial charge on any atom is 0.220 e. The minimum atomic E-state index is 0.181. The molecule has 0 saturated heterocycles. The Morgan fingerprint density at radius 1 is 1.21 bits per heavy atom. The van der Waals surface area contributed by atoms with Crippen molar-refractivity contribution in [2.45, 2.75) is 52.4 Å². The SMILES string of the molecule is Cc1csc(CCCCNC(=O)CC(C)CCc2ccccc2)n1. The van der Waals surface area contributed by atoms with Crippen molar-refractivity contribution in [2.75, 3.05) is 6.54 Å². The van der Waals surface area contributed by atoms with Crippen LogP contribution in [0.25, 0.3) is 0 Å². The van der Waals surface area contributed by atoms with Crippen molar-refractivity contribution in [3.05, 3.63) is 52.0 Å². The summed E-state index contributed by atoms with van der Waals surface area (Å²) in [5.41, 5.74) is 2.45.